The molecule has 0 saturated carbocycles. The summed E-state index contributed by atoms with van der Waals surface area (Å²) in [7, 11) is 0. The maximum atomic E-state index is 12.2. The lowest BCUT2D eigenvalue weighted by Gasteiger charge is -2.23. The third-order valence-electron chi connectivity index (χ3n) is 4.13. The number of nitrogens with one attached hydrogen (secondary N) is 1. The van der Waals surface area contributed by atoms with Crippen LogP contribution in [-0.4, -0.2) is 22.0 Å². The van der Waals surface area contributed by atoms with Crippen molar-refractivity contribution in [3.05, 3.63) is 41.4 Å². The highest BCUT2D eigenvalue weighted by Crippen LogP contribution is 2.19. The molecule has 0 saturated heterocycles. The van der Waals surface area contributed by atoms with Crippen LogP contribution in [0.3, 0.4) is 0 Å². The molecule has 0 unspecified atom stereocenters. The van der Waals surface area contributed by atoms with E-state index in [0.717, 1.165) is 43.0 Å². The number of aromatic nitrogens is 2. The van der Waals surface area contributed by atoms with Gasteiger partial charge in [-0.05, 0) is 25.3 Å². The molecule has 2 aromatic heterocycles. The van der Waals surface area contributed by atoms with E-state index in [1.54, 1.807) is 0 Å². The van der Waals surface area contributed by atoms with Crippen LogP contribution in [0.15, 0.2) is 22.9 Å². The van der Waals surface area contributed by atoms with Crippen molar-refractivity contribution in [2.75, 3.05) is 6.54 Å². The highest BCUT2D eigenvalue weighted by molar-refractivity contribution is 5.92. The van der Waals surface area contributed by atoms with E-state index < -0.39 is 0 Å². The Morgan fingerprint density at radius 1 is 1.57 bits per heavy atom. The number of amides is 1. The van der Waals surface area contributed by atoms with E-state index in [9.17, 15) is 4.79 Å². The molecule has 0 aliphatic carbocycles. The van der Waals surface area contributed by atoms with Crippen LogP contribution in [0.1, 0.15) is 41.0 Å². The van der Waals surface area contributed by atoms with Gasteiger partial charge >= 0.3 is 0 Å². The van der Waals surface area contributed by atoms with E-state index in [1.165, 1.54) is 0 Å². The van der Waals surface area contributed by atoms with Crippen LogP contribution in [0.2, 0.25) is 0 Å². The molecule has 0 radical (unpaired) electrons. The minimum Gasteiger partial charge on any atom is -0.456 e. The van der Waals surface area contributed by atoms with Crippen molar-refractivity contribution in [3.8, 4) is 0 Å². The largest absolute Gasteiger partial charge is 0.456 e. The number of imidazole rings is 1. The molecule has 21 heavy (non-hydrogen) atoms. The number of hydrogen-bond donors (Lipinski definition) is 1. The summed E-state index contributed by atoms with van der Waals surface area (Å²) >= 11 is 0. The van der Waals surface area contributed by atoms with Crippen LogP contribution in [0.4, 0.5) is 0 Å². The number of hydrogen-bond acceptors (Lipinski definition) is 3. The smallest absolute Gasteiger partial charge is 0.287 e. The lowest BCUT2D eigenvalue weighted by Crippen LogP contribution is -2.33. The van der Waals surface area contributed by atoms with Crippen LogP contribution in [0.25, 0.3) is 0 Å². The highest BCUT2D eigenvalue weighted by atomic mass is 16.4. The van der Waals surface area contributed by atoms with Crippen molar-refractivity contribution in [2.24, 2.45) is 5.92 Å². The molecule has 0 bridgehead atoms. The van der Waals surface area contributed by atoms with Crippen molar-refractivity contribution in [1.82, 2.24) is 14.9 Å². The summed E-state index contributed by atoms with van der Waals surface area (Å²) in [6.07, 6.45) is 6.66. The molecule has 1 aliphatic heterocycles. The van der Waals surface area contributed by atoms with Crippen molar-refractivity contribution >= 4 is 5.91 Å². The second-order valence-corrected chi connectivity index (χ2v) is 5.68. The van der Waals surface area contributed by atoms with E-state index in [4.69, 9.17) is 4.42 Å². The second kappa shape index (κ2) is 5.76. The summed E-state index contributed by atoms with van der Waals surface area (Å²) in [5, 5.41) is 3.00. The lowest BCUT2D eigenvalue weighted by atomic mass is 9.98. The van der Waals surface area contributed by atoms with Crippen molar-refractivity contribution in [1.29, 1.82) is 0 Å². The maximum absolute atomic E-state index is 12.2. The second-order valence-electron chi connectivity index (χ2n) is 5.68. The maximum Gasteiger partial charge on any atom is 0.287 e. The third kappa shape index (κ3) is 2.86. The minimum atomic E-state index is -0.110. The Hall–Kier alpha value is -2.04. The molecule has 2 aromatic rings. The molecule has 0 spiro atoms. The van der Waals surface area contributed by atoms with E-state index in [2.05, 4.69) is 14.9 Å². The molecule has 1 atom stereocenters. The van der Waals surface area contributed by atoms with E-state index in [1.807, 2.05) is 32.3 Å². The minimum absolute atomic E-state index is 0.110. The Morgan fingerprint density at radius 2 is 2.43 bits per heavy atom. The molecule has 0 fully saturated rings. The first-order valence-corrected chi connectivity index (χ1v) is 7.55. The topological polar surface area (TPSA) is 60.1 Å². The summed E-state index contributed by atoms with van der Waals surface area (Å²) in [5.74, 6) is 2.76. The fraction of sp³-hybridized carbons (Fsp3) is 0.500. The van der Waals surface area contributed by atoms with Gasteiger partial charge in [0.15, 0.2) is 5.76 Å². The number of carbonyl (C=O) groups excluding carboxylic acids is 1. The SMILES string of the molecule is CCc1cc(C)c(C(=O)NC[C@@H]2CCn3ccnc3C2)o1. The van der Waals surface area contributed by atoms with Gasteiger partial charge < -0.3 is 14.3 Å². The molecule has 1 amide bonds. The molecule has 3 heterocycles. The Labute approximate surface area is 124 Å². The highest BCUT2D eigenvalue weighted by Gasteiger charge is 2.21. The molecule has 5 heteroatoms. The molecule has 5 nitrogen and oxygen atoms in total. The van der Waals surface area contributed by atoms with Crippen LogP contribution >= 0.6 is 0 Å². The van der Waals surface area contributed by atoms with Gasteiger partial charge in [-0.2, -0.15) is 0 Å². The first-order chi connectivity index (χ1) is 10.2. The Balaban J connectivity index is 1.58. The Morgan fingerprint density at radius 3 is 3.19 bits per heavy atom. The van der Waals surface area contributed by atoms with Gasteiger partial charge in [0.25, 0.3) is 5.91 Å². The number of nitrogens with zero attached hydrogens (tertiary/aromatic N) is 2. The Kier molecular flexibility index (Phi) is 3.82. The lowest BCUT2D eigenvalue weighted by molar-refractivity contribution is 0.0914. The van der Waals surface area contributed by atoms with E-state index in [0.29, 0.717) is 18.2 Å². The predicted molar refractivity (Wildman–Crippen MR) is 79.2 cm³/mol. The van der Waals surface area contributed by atoms with Crippen LogP contribution in [0, 0.1) is 12.8 Å². The summed E-state index contributed by atoms with van der Waals surface area (Å²) in [6, 6.07) is 1.94. The van der Waals surface area contributed by atoms with Gasteiger partial charge in [-0.3, -0.25) is 4.79 Å². The van der Waals surface area contributed by atoms with Gasteiger partial charge in [-0.25, -0.2) is 4.98 Å². The fourth-order valence-corrected chi connectivity index (χ4v) is 2.85. The monoisotopic (exact) mass is 287 g/mol. The quantitative estimate of drug-likeness (QED) is 0.939. The zero-order valence-corrected chi connectivity index (χ0v) is 12.6. The van der Waals surface area contributed by atoms with Gasteiger partial charge in [-0.15, -0.1) is 0 Å². The fourth-order valence-electron chi connectivity index (χ4n) is 2.85. The molecule has 1 N–H and O–H groups in total. The van der Waals surface area contributed by atoms with Gasteiger partial charge in [-0.1, -0.05) is 6.92 Å². The average molecular weight is 287 g/mol. The van der Waals surface area contributed by atoms with E-state index in [-0.39, 0.29) is 5.91 Å². The molecular formula is C16H21N3O2. The number of carbonyl (C=O) groups is 1. The van der Waals surface area contributed by atoms with Gasteiger partial charge in [0, 0.05) is 43.9 Å². The van der Waals surface area contributed by atoms with Crippen LogP contribution < -0.4 is 5.32 Å². The summed E-state index contributed by atoms with van der Waals surface area (Å²) in [5.41, 5.74) is 0.906. The summed E-state index contributed by atoms with van der Waals surface area (Å²) in [4.78, 5) is 16.6. The normalized spacial score (nSPS) is 17.5. The molecular weight excluding hydrogens is 266 g/mol. The van der Waals surface area contributed by atoms with Crippen LogP contribution in [0.5, 0.6) is 0 Å². The molecule has 0 aromatic carbocycles. The third-order valence-corrected chi connectivity index (χ3v) is 4.13. The first kappa shape index (κ1) is 13.9. The average Bonchev–Trinajstić information content (AvgIpc) is 3.10. The van der Waals surface area contributed by atoms with Crippen molar-refractivity contribution < 1.29 is 9.21 Å². The molecule has 3 rings (SSSR count). The van der Waals surface area contributed by atoms with Crippen molar-refractivity contribution in [2.45, 2.75) is 39.7 Å². The van der Waals surface area contributed by atoms with Crippen LogP contribution in [-0.2, 0) is 19.4 Å². The van der Waals surface area contributed by atoms with Crippen molar-refractivity contribution in [3.63, 3.8) is 0 Å². The number of furan rings is 1. The van der Waals surface area contributed by atoms with Gasteiger partial charge in [0.05, 0.1) is 0 Å². The molecule has 1 aliphatic rings. The zero-order valence-electron chi connectivity index (χ0n) is 12.6. The van der Waals surface area contributed by atoms with Gasteiger partial charge in [0.1, 0.15) is 11.6 Å². The predicted octanol–water partition coefficient (Wildman–Crippen LogP) is 2.34. The summed E-state index contributed by atoms with van der Waals surface area (Å²) in [6.45, 7) is 5.59. The number of fused-ring (bicyclic) bond motifs is 1. The Bertz CT molecular complexity index is 642. The number of rotatable bonds is 4. The summed E-state index contributed by atoms with van der Waals surface area (Å²) < 4.78 is 7.76. The first-order valence-electron chi connectivity index (χ1n) is 7.55. The zero-order chi connectivity index (χ0) is 14.8. The van der Waals surface area contributed by atoms with E-state index >= 15 is 0 Å². The number of aryl methyl sites for hydroxylation is 3. The standard InChI is InChI=1S/C16H21N3O2/c1-3-13-8-11(2)15(21-13)16(20)18-10-12-4-6-19-7-5-17-14(19)9-12/h5,7-8,12H,3-4,6,9-10H2,1-2H3,(H,18,20)/t12-/m1/s1. The van der Waals surface area contributed by atoms with Gasteiger partial charge in [0.2, 0.25) is 0 Å². The molecule has 112 valence electrons.